The van der Waals surface area contributed by atoms with Crippen LogP contribution in [0.15, 0.2) is 90.2 Å². The first kappa shape index (κ1) is 28.0. The third kappa shape index (κ3) is 5.90. The zero-order valence-corrected chi connectivity index (χ0v) is 24.5. The maximum absolute atomic E-state index is 14.5. The Bertz CT molecular complexity index is 1640. The summed E-state index contributed by atoms with van der Waals surface area (Å²) in [6.45, 7) is 4.98. The van der Waals surface area contributed by atoms with Gasteiger partial charge >= 0.3 is 0 Å². The average Bonchev–Trinajstić information content (AvgIpc) is 3.48. The third-order valence-electron chi connectivity index (χ3n) is 8.26. The average molecular weight is 582 g/mol. The lowest BCUT2D eigenvalue weighted by Crippen LogP contribution is -2.45. The lowest BCUT2D eigenvalue weighted by Gasteiger charge is -2.34. The van der Waals surface area contributed by atoms with E-state index in [1.165, 1.54) is 0 Å². The lowest BCUT2D eigenvalue weighted by molar-refractivity contribution is 0.313. The predicted octanol–water partition coefficient (Wildman–Crippen LogP) is 3.86. The molecule has 0 saturated carbocycles. The summed E-state index contributed by atoms with van der Waals surface area (Å²) in [5.74, 6) is 0. The van der Waals surface area contributed by atoms with Crippen LogP contribution >= 0.6 is 0 Å². The highest BCUT2D eigenvalue weighted by Gasteiger charge is 2.37. The SMILES string of the molecule is CN1CCN(c2ccc(S(=O)(=O)N3Cc4cc(C#N)ccc4N(Cc4cnc[nH]4)CC3Cc3ccccc3)cc2)CC1. The fourth-order valence-electron chi connectivity index (χ4n) is 5.92. The Hall–Kier alpha value is -4.17. The summed E-state index contributed by atoms with van der Waals surface area (Å²) in [6, 6.07) is 24.8. The minimum absolute atomic E-state index is 0.171. The Labute approximate surface area is 247 Å². The number of H-pyrrole nitrogens is 1. The standard InChI is InChI=1S/C32H35N7O2S/c1-36-13-15-37(16-14-36)29-8-10-31(11-9-29)42(40,41)39-21-27-17-26(19-33)7-12-32(27)38(22-28-20-34-24-35-28)23-30(39)18-25-5-3-2-4-6-25/h2-12,17,20,24,30H,13-16,18,21-23H2,1H3,(H,34,35). The second-order valence-electron chi connectivity index (χ2n) is 11.1. The fraction of sp³-hybridized carbons (Fsp3) is 0.312. The van der Waals surface area contributed by atoms with E-state index in [1.807, 2.05) is 54.6 Å². The Morgan fingerprint density at radius 1 is 1.00 bits per heavy atom. The number of anilines is 2. The van der Waals surface area contributed by atoms with Gasteiger partial charge in [0, 0.05) is 62.9 Å². The van der Waals surface area contributed by atoms with Gasteiger partial charge in [-0.25, -0.2) is 13.4 Å². The summed E-state index contributed by atoms with van der Waals surface area (Å²) < 4.78 is 30.6. The van der Waals surface area contributed by atoms with Gasteiger partial charge in [-0.2, -0.15) is 9.57 Å². The number of nitrogens with one attached hydrogen (secondary N) is 1. The van der Waals surface area contributed by atoms with Crippen molar-refractivity contribution in [3.8, 4) is 6.07 Å². The van der Waals surface area contributed by atoms with Crippen molar-refractivity contribution in [1.82, 2.24) is 19.2 Å². The number of aromatic nitrogens is 2. The highest BCUT2D eigenvalue weighted by atomic mass is 32.2. The number of hydrogen-bond acceptors (Lipinski definition) is 7. The molecule has 42 heavy (non-hydrogen) atoms. The number of aromatic amines is 1. The van der Waals surface area contributed by atoms with Crippen LogP contribution in [0.5, 0.6) is 0 Å². The predicted molar refractivity (Wildman–Crippen MR) is 164 cm³/mol. The van der Waals surface area contributed by atoms with Crippen LogP contribution in [-0.4, -0.2) is 73.4 Å². The van der Waals surface area contributed by atoms with E-state index in [9.17, 15) is 13.7 Å². The smallest absolute Gasteiger partial charge is 0.243 e. The molecule has 1 atom stereocenters. The van der Waals surface area contributed by atoms with Gasteiger partial charge in [-0.3, -0.25) is 0 Å². The number of sulfonamides is 1. The zero-order chi connectivity index (χ0) is 29.1. The molecule has 0 spiro atoms. The van der Waals surface area contributed by atoms with Crippen LogP contribution in [0.3, 0.4) is 0 Å². The molecule has 216 valence electrons. The highest BCUT2D eigenvalue weighted by Crippen LogP contribution is 2.34. The number of piperazine rings is 1. The molecule has 0 radical (unpaired) electrons. The zero-order valence-electron chi connectivity index (χ0n) is 23.7. The molecule has 1 unspecified atom stereocenters. The molecule has 3 aromatic carbocycles. The number of rotatable bonds is 7. The third-order valence-corrected chi connectivity index (χ3v) is 10.2. The topological polar surface area (TPSA) is 99.6 Å². The maximum Gasteiger partial charge on any atom is 0.243 e. The van der Waals surface area contributed by atoms with E-state index >= 15 is 0 Å². The van der Waals surface area contributed by atoms with E-state index in [0.29, 0.717) is 25.1 Å². The van der Waals surface area contributed by atoms with Crippen molar-refractivity contribution in [2.45, 2.75) is 30.4 Å². The molecule has 0 bridgehead atoms. The van der Waals surface area contributed by atoms with Gasteiger partial charge in [0.15, 0.2) is 0 Å². The molecule has 4 aromatic rings. The van der Waals surface area contributed by atoms with E-state index in [0.717, 1.165) is 54.4 Å². The molecular weight excluding hydrogens is 546 g/mol. The number of likely N-dealkylation sites (N-methyl/N-ethyl adjacent to an activating group) is 1. The molecular formula is C32H35N7O2S. The number of benzene rings is 3. The second-order valence-corrected chi connectivity index (χ2v) is 13.0. The van der Waals surface area contributed by atoms with Crippen molar-refractivity contribution in [3.05, 3.63) is 108 Å². The lowest BCUT2D eigenvalue weighted by atomic mass is 10.1. The largest absolute Gasteiger partial charge is 0.369 e. The molecule has 0 aliphatic carbocycles. The van der Waals surface area contributed by atoms with Gasteiger partial charge in [-0.15, -0.1) is 0 Å². The first-order chi connectivity index (χ1) is 20.4. The van der Waals surface area contributed by atoms with Crippen molar-refractivity contribution in [2.75, 3.05) is 49.6 Å². The Morgan fingerprint density at radius 2 is 1.76 bits per heavy atom. The van der Waals surface area contributed by atoms with Gasteiger partial charge in [-0.05, 0) is 67.1 Å². The van der Waals surface area contributed by atoms with Crippen LogP contribution in [0.2, 0.25) is 0 Å². The number of nitriles is 1. The van der Waals surface area contributed by atoms with Crippen molar-refractivity contribution in [2.24, 2.45) is 0 Å². The molecule has 1 fully saturated rings. The summed E-state index contributed by atoms with van der Waals surface area (Å²) in [5, 5.41) is 9.67. The molecule has 1 N–H and O–H groups in total. The first-order valence-corrected chi connectivity index (χ1v) is 15.7. The van der Waals surface area contributed by atoms with Crippen molar-refractivity contribution in [3.63, 3.8) is 0 Å². The summed E-state index contributed by atoms with van der Waals surface area (Å²) in [6.07, 6.45) is 3.99. The molecule has 2 aliphatic rings. The second kappa shape index (κ2) is 12.0. The minimum atomic E-state index is -3.88. The molecule has 3 heterocycles. The number of nitrogens with zero attached hydrogens (tertiary/aromatic N) is 6. The van der Waals surface area contributed by atoms with Gasteiger partial charge in [0.25, 0.3) is 0 Å². The quantitative estimate of drug-likeness (QED) is 0.354. The molecule has 2 aliphatic heterocycles. The van der Waals surface area contributed by atoms with E-state index in [4.69, 9.17) is 0 Å². The monoisotopic (exact) mass is 581 g/mol. The number of hydrogen-bond donors (Lipinski definition) is 1. The van der Waals surface area contributed by atoms with E-state index < -0.39 is 10.0 Å². The normalized spacial score (nSPS) is 18.3. The van der Waals surface area contributed by atoms with Gasteiger partial charge in [0.2, 0.25) is 10.0 Å². The van der Waals surface area contributed by atoms with Gasteiger partial charge in [0.1, 0.15) is 0 Å². The molecule has 9 nitrogen and oxygen atoms in total. The van der Waals surface area contributed by atoms with Crippen LogP contribution < -0.4 is 9.80 Å². The Morgan fingerprint density at radius 3 is 2.45 bits per heavy atom. The molecule has 6 rings (SSSR count). The van der Waals surface area contributed by atoms with Crippen molar-refractivity contribution >= 4 is 21.4 Å². The van der Waals surface area contributed by atoms with E-state index in [1.54, 1.807) is 35.0 Å². The van der Waals surface area contributed by atoms with Crippen molar-refractivity contribution < 1.29 is 8.42 Å². The molecule has 1 saturated heterocycles. The van der Waals surface area contributed by atoms with Crippen LogP contribution in [0.25, 0.3) is 0 Å². The number of fused-ring (bicyclic) bond motifs is 1. The van der Waals surface area contributed by atoms with Crippen LogP contribution in [-0.2, 0) is 29.5 Å². The first-order valence-electron chi connectivity index (χ1n) is 14.3. The maximum atomic E-state index is 14.5. The van der Waals surface area contributed by atoms with Crippen LogP contribution in [0.1, 0.15) is 22.4 Å². The number of imidazole rings is 1. The van der Waals surface area contributed by atoms with Gasteiger partial charge in [0.05, 0.1) is 35.1 Å². The van der Waals surface area contributed by atoms with Crippen molar-refractivity contribution in [1.29, 1.82) is 5.26 Å². The summed E-state index contributed by atoms with van der Waals surface area (Å²) in [7, 11) is -1.76. The summed E-state index contributed by atoms with van der Waals surface area (Å²) >= 11 is 0. The molecule has 0 amide bonds. The molecule has 1 aromatic heterocycles. The Kier molecular flexibility index (Phi) is 7.98. The Balaban J connectivity index is 1.38. The highest BCUT2D eigenvalue weighted by molar-refractivity contribution is 7.89. The van der Waals surface area contributed by atoms with E-state index in [-0.39, 0.29) is 17.5 Å². The van der Waals surface area contributed by atoms with Gasteiger partial charge < -0.3 is 19.7 Å². The van der Waals surface area contributed by atoms with Gasteiger partial charge in [-0.1, -0.05) is 30.3 Å². The minimum Gasteiger partial charge on any atom is -0.369 e. The molecule has 10 heteroatoms. The fourth-order valence-corrected chi connectivity index (χ4v) is 7.51. The van der Waals surface area contributed by atoms with Crippen LogP contribution in [0, 0.1) is 11.3 Å². The van der Waals surface area contributed by atoms with E-state index in [2.05, 4.69) is 37.8 Å². The summed E-state index contributed by atoms with van der Waals surface area (Å²) in [4.78, 5) is 14.4. The van der Waals surface area contributed by atoms with Crippen LogP contribution in [0.4, 0.5) is 11.4 Å². The summed E-state index contributed by atoms with van der Waals surface area (Å²) in [5.41, 5.74) is 5.27.